The zero-order valence-electron chi connectivity index (χ0n) is 15.4. The molecule has 3 rings (SSSR count). The van der Waals surface area contributed by atoms with Crippen molar-refractivity contribution in [2.45, 2.75) is 23.4 Å². The largest absolute Gasteiger partial charge is 0.348 e. The fourth-order valence-corrected chi connectivity index (χ4v) is 4.05. The number of aromatic nitrogens is 2. The number of benzene rings is 2. The molecule has 0 unspecified atom stereocenters. The molecule has 0 radical (unpaired) electrons. The monoisotopic (exact) mass is 416 g/mol. The predicted molar refractivity (Wildman–Crippen MR) is 110 cm³/mol. The number of nitrogens with zero attached hydrogens (tertiary/aromatic N) is 1. The maximum atomic E-state index is 12.7. The highest BCUT2D eigenvalue weighted by Crippen LogP contribution is 2.18. The van der Waals surface area contributed by atoms with Crippen molar-refractivity contribution < 1.29 is 13.2 Å². The van der Waals surface area contributed by atoms with Crippen LogP contribution in [0.2, 0.25) is 0 Å². The van der Waals surface area contributed by atoms with Crippen molar-refractivity contribution in [1.82, 2.24) is 15.5 Å². The Bertz CT molecular complexity index is 1060. The molecule has 0 spiro atoms. The van der Waals surface area contributed by atoms with E-state index in [4.69, 9.17) is 0 Å². The summed E-state index contributed by atoms with van der Waals surface area (Å²) in [4.78, 5) is 13.6. The van der Waals surface area contributed by atoms with E-state index in [1.54, 1.807) is 36.0 Å². The summed E-state index contributed by atoms with van der Waals surface area (Å²) in [5, 5.41) is 8.59. The van der Waals surface area contributed by atoms with E-state index in [2.05, 4.69) is 20.2 Å². The van der Waals surface area contributed by atoms with Crippen LogP contribution in [0.15, 0.2) is 64.6 Å². The number of amides is 1. The number of hydrogen-bond acceptors (Lipinski definition) is 5. The lowest BCUT2D eigenvalue weighted by Crippen LogP contribution is -2.25. The molecule has 2 aromatic carbocycles. The first-order valence-electron chi connectivity index (χ1n) is 8.43. The molecular weight excluding hydrogens is 396 g/mol. The second kappa shape index (κ2) is 8.49. The highest BCUT2D eigenvalue weighted by molar-refractivity contribution is 7.98. The normalized spacial score (nSPS) is 11.2. The highest BCUT2D eigenvalue weighted by Gasteiger charge is 2.25. The molecule has 0 saturated heterocycles. The van der Waals surface area contributed by atoms with Crippen LogP contribution < -0.4 is 10.0 Å². The topological polar surface area (TPSA) is 104 Å². The Labute approximate surface area is 168 Å². The zero-order chi connectivity index (χ0) is 20.1. The van der Waals surface area contributed by atoms with E-state index in [1.807, 2.05) is 37.4 Å². The number of anilines is 1. The van der Waals surface area contributed by atoms with E-state index in [9.17, 15) is 13.2 Å². The van der Waals surface area contributed by atoms with Gasteiger partial charge in [0.1, 0.15) is 0 Å². The lowest BCUT2D eigenvalue weighted by molar-refractivity contribution is 0.0947. The lowest BCUT2D eigenvalue weighted by Gasteiger charge is -2.09. The van der Waals surface area contributed by atoms with Crippen LogP contribution in [-0.2, 0) is 16.6 Å². The molecule has 7 nitrogen and oxygen atoms in total. The van der Waals surface area contributed by atoms with Gasteiger partial charge in [-0.2, -0.15) is 13.5 Å². The molecule has 0 aliphatic carbocycles. The molecule has 0 aliphatic heterocycles. The van der Waals surface area contributed by atoms with Gasteiger partial charge in [-0.1, -0.05) is 29.8 Å². The predicted octanol–water partition coefficient (Wildman–Crippen LogP) is 3.17. The zero-order valence-corrected chi connectivity index (χ0v) is 17.0. The third kappa shape index (κ3) is 4.73. The maximum absolute atomic E-state index is 12.7. The number of rotatable bonds is 7. The standard InChI is InChI=1S/C19H20N4O3S2/c1-13-3-7-15(8-4-13)23-28(25,26)19-17(12-21-22-19)18(24)20-11-14-5-9-16(27-2)10-6-14/h3-10,12,23H,11H2,1-2H3,(H,20,24)(H,21,22). The molecule has 1 aromatic heterocycles. The molecule has 0 fully saturated rings. The van der Waals surface area contributed by atoms with Gasteiger partial charge < -0.3 is 5.32 Å². The summed E-state index contributed by atoms with van der Waals surface area (Å²) in [5.74, 6) is -0.521. The number of H-pyrrole nitrogens is 1. The van der Waals surface area contributed by atoms with Gasteiger partial charge in [0.25, 0.3) is 15.9 Å². The Morgan fingerprint density at radius 3 is 2.43 bits per heavy atom. The fourth-order valence-electron chi connectivity index (χ4n) is 2.49. The van der Waals surface area contributed by atoms with E-state index in [0.717, 1.165) is 16.0 Å². The van der Waals surface area contributed by atoms with Crippen LogP contribution in [0.25, 0.3) is 0 Å². The molecule has 0 saturated carbocycles. The first-order valence-corrected chi connectivity index (χ1v) is 11.1. The second-order valence-corrected chi connectivity index (χ2v) is 8.61. The van der Waals surface area contributed by atoms with E-state index in [-0.39, 0.29) is 17.1 Å². The molecule has 28 heavy (non-hydrogen) atoms. The summed E-state index contributed by atoms with van der Waals surface area (Å²) in [6.45, 7) is 2.19. The van der Waals surface area contributed by atoms with Gasteiger partial charge in [0.05, 0.1) is 11.8 Å². The van der Waals surface area contributed by atoms with Crippen LogP contribution in [0, 0.1) is 6.92 Å². The fraction of sp³-hybridized carbons (Fsp3) is 0.158. The minimum atomic E-state index is -3.98. The molecule has 0 bridgehead atoms. The highest BCUT2D eigenvalue weighted by atomic mass is 32.2. The van der Waals surface area contributed by atoms with E-state index in [0.29, 0.717) is 5.69 Å². The van der Waals surface area contributed by atoms with E-state index >= 15 is 0 Å². The smallest absolute Gasteiger partial charge is 0.279 e. The average Bonchev–Trinajstić information content (AvgIpc) is 3.19. The first-order chi connectivity index (χ1) is 13.4. The molecule has 1 amide bonds. The van der Waals surface area contributed by atoms with Gasteiger partial charge in [-0.15, -0.1) is 11.8 Å². The summed E-state index contributed by atoms with van der Waals surface area (Å²) in [6, 6.07) is 14.6. The number of thioether (sulfide) groups is 1. The number of sulfonamides is 1. The average molecular weight is 417 g/mol. The van der Waals surface area contributed by atoms with Crippen LogP contribution in [0.1, 0.15) is 21.5 Å². The third-order valence-corrected chi connectivity index (χ3v) is 6.13. The van der Waals surface area contributed by atoms with Crippen molar-refractivity contribution in [3.63, 3.8) is 0 Å². The van der Waals surface area contributed by atoms with Crippen molar-refractivity contribution in [2.24, 2.45) is 0 Å². The number of nitrogens with one attached hydrogen (secondary N) is 3. The van der Waals surface area contributed by atoms with Crippen molar-refractivity contribution in [3.05, 3.63) is 71.4 Å². The van der Waals surface area contributed by atoms with E-state index < -0.39 is 15.9 Å². The SMILES string of the molecule is CSc1ccc(CNC(=O)c2cn[nH]c2S(=O)(=O)Nc2ccc(C)cc2)cc1. The lowest BCUT2D eigenvalue weighted by atomic mass is 10.2. The number of hydrogen-bond donors (Lipinski definition) is 3. The van der Waals surface area contributed by atoms with Crippen LogP contribution in [-0.4, -0.2) is 30.8 Å². The second-order valence-electron chi connectivity index (χ2n) is 6.12. The molecule has 146 valence electrons. The Kier molecular flexibility index (Phi) is 6.05. The molecule has 3 aromatic rings. The Morgan fingerprint density at radius 1 is 1.11 bits per heavy atom. The minimum absolute atomic E-state index is 0.0413. The molecular formula is C19H20N4O3S2. The Morgan fingerprint density at radius 2 is 1.79 bits per heavy atom. The molecule has 0 aliphatic rings. The number of carbonyl (C=O) groups excluding carboxylic acids is 1. The summed E-state index contributed by atoms with van der Waals surface area (Å²) in [7, 11) is -3.98. The maximum Gasteiger partial charge on any atom is 0.279 e. The molecule has 0 atom stereocenters. The van der Waals surface area contributed by atoms with Crippen molar-refractivity contribution in [1.29, 1.82) is 0 Å². The number of aryl methyl sites for hydroxylation is 1. The minimum Gasteiger partial charge on any atom is -0.348 e. The number of aromatic amines is 1. The van der Waals surface area contributed by atoms with Gasteiger partial charge in [0, 0.05) is 17.1 Å². The third-order valence-electron chi connectivity index (χ3n) is 4.03. The van der Waals surface area contributed by atoms with Crippen molar-refractivity contribution in [3.8, 4) is 0 Å². The van der Waals surface area contributed by atoms with Gasteiger partial charge in [0.2, 0.25) is 0 Å². The van der Waals surface area contributed by atoms with Crippen LogP contribution in [0.4, 0.5) is 5.69 Å². The van der Waals surface area contributed by atoms with Gasteiger partial charge in [0.15, 0.2) is 5.03 Å². The van der Waals surface area contributed by atoms with Gasteiger partial charge >= 0.3 is 0 Å². The van der Waals surface area contributed by atoms with Gasteiger partial charge in [-0.05, 0) is 43.0 Å². The molecule has 3 N–H and O–H groups in total. The first kappa shape index (κ1) is 20.0. The van der Waals surface area contributed by atoms with Crippen LogP contribution in [0.3, 0.4) is 0 Å². The van der Waals surface area contributed by atoms with Crippen molar-refractivity contribution in [2.75, 3.05) is 11.0 Å². The summed E-state index contributed by atoms with van der Waals surface area (Å²) >= 11 is 1.63. The van der Waals surface area contributed by atoms with E-state index in [1.165, 1.54) is 6.20 Å². The molecule has 1 heterocycles. The van der Waals surface area contributed by atoms with Gasteiger partial charge in [-0.3, -0.25) is 14.6 Å². The van der Waals surface area contributed by atoms with Crippen LogP contribution >= 0.6 is 11.8 Å². The Balaban J connectivity index is 1.72. The summed E-state index contributed by atoms with van der Waals surface area (Å²) in [5.41, 5.74) is 2.28. The molecule has 9 heteroatoms. The van der Waals surface area contributed by atoms with Crippen molar-refractivity contribution >= 4 is 33.4 Å². The summed E-state index contributed by atoms with van der Waals surface area (Å²) < 4.78 is 27.8. The quantitative estimate of drug-likeness (QED) is 0.513. The Hall–Kier alpha value is -2.78. The van der Waals surface area contributed by atoms with Gasteiger partial charge in [-0.25, -0.2) is 0 Å². The summed E-state index contributed by atoms with van der Waals surface area (Å²) in [6.07, 6.45) is 3.19. The van der Waals surface area contributed by atoms with Crippen LogP contribution in [0.5, 0.6) is 0 Å². The number of carbonyl (C=O) groups is 1.